The van der Waals surface area contributed by atoms with Gasteiger partial charge in [-0.1, -0.05) is 0 Å². The molecule has 1 amide bonds. The van der Waals surface area contributed by atoms with Crippen LogP contribution in [0.2, 0.25) is 0 Å². The van der Waals surface area contributed by atoms with Crippen molar-refractivity contribution < 1.29 is 17.6 Å². The minimum atomic E-state index is -3.33. The molecule has 0 spiro atoms. The molecule has 134 valence electrons. The summed E-state index contributed by atoms with van der Waals surface area (Å²) >= 11 is 0. The summed E-state index contributed by atoms with van der Waals surface area (Å²) in [5, 5.41) is 2.77. The maximum atomic E-state index is 12.4. The molecule has 25 heavy (non-hydrogen) atoms. The van der Waals surface area contributed by atoms with Crippen LogP contribution >= 0.6 is 0 Å². The number of aromatic nitrogens is 1. The number of nitrogens with one attached hydrogen (secondary N) is 1. The zero-order valence-corrected chi connectivity index (χ0v) is 15.5. The lowest BCUT2D eigenvalue weighted by Crippen LogP contribution is -2.34. The number of oxazole rings is 1. The molecule has 1 aromatic heterocycles. The summed E-state index contributed by atoms with van der Waals surface area (Å²) in [4.78, 5) is 16.6. The smallest absolute Gasteiger partial charge is 0.251 e. The molecule has 0 aliphatic carbocycles. The van der Waals surface area contributed by atoms with Gasteiger partial charge in [-0.05, 0) is 51.0 Å². The fraction of sp³-hybridized carbons (Fsp3) is 0.412. The van der Waals surface area contributed by atoms with E-state index in [1.165, 1.54) is 10.6 Å². The van der Waals surface area contributed by atoms with Crippen LogP contribution < -0.4 is 9.62 Å². The number of carbonyl (C=O) groups excluding carboxylic acids is 1. The van der Waals surface area contributed by atoms with Crippen molar-refractivity contribution in [3.8, 4) is 0 Å². The highest BCUT2D eigenvalue weighted by atomic mass is 32.2. The quantitative estimate of drug-likeness (QED) is 0.896. The summed E-state index contributed by atoms with van der Waals surface area (Å²) in [6, 6.07) is 4.92. The average Bonchev–Trinajstić information content (AvgIpc) is 3.02. The van der Waals surface area contributed by atoms with Crippen molar-refractivity contribution in [3.05, 3.63) is 46.7 Å². The molecule has 0 radical (unpaired) electrons. The Labute approximate surface area is 147 Å². The van der Waals surface area contributed by atoms with Gasteiger partial charge in [0.1, 0.15) is 5.76 Å². The molecular weight excluding hydrogens is 342 g/mol. The molecule has 2 aromatic rings. The van der Waals surface area contributed by atoms with Crippen LogP contribution in [0, 0.1) is 13.8 Å². The third-order valence-corrected chi connectivity index (χ3v) is 5.60. The number of benzene rings is 1. The molecular formula is C17H21N3O4S. The number of anilines is 1. The molecule has 1 aliphatic heterocycles. The lowest BCUT2D eigenvalue weighted by Gasteiger charge is -2.21. The first kappa shape index (κ1) is 17.5. The molecule has 7 nitrogen and oxygen atoms in total. The summed E-state index contributed by atoms with van der Waals surface area (Å²) in [5.41, 5.74) is 2.79. The molecule has 1 atom stereocenters. The number of aryl methyl sites for hydroxylation is 2. The van der Waals surface area contributed by atoms with Crippen LogP contribution in [0.25, 0.3) is 0 Å². The third kappa shape index (κ3) is 3.39. The third-order valence-electron chi connectivity index (χ3n) is 4.33. The van der Waals surface area contributed by atoms with Gasteiger partial charge >= 0.3 is 0 Å². The van der Waals surface area contributed by atoms with E-state index >= 15 is 0 Å². The van der Waals surface area contributed by atoms with Crippen LogP contribution in [0.5, 0.6) is 0 Å². The Morgan fingerprint density at radius 1 is 1.40 bits per heavy atom. The van der Waals surface area contributed by atoms with Gasteiger partial charge in [-0.3, -0.25) is 9.10 Å². The summed E-state index contributed by atoms with van der Waals surface area (Å²) in [6.07, 6.45) is 1.78. The van der Waals surface area contributed by atoms with Crippen molar-refractivity contribution in [1.82, 2.24) is 10.3 Å². The molecule has 1 unspecified atom stereocenters. The molecule has 1 N–H and O–H groups in total. The Kier molecular flexibility index (Phi) is 4.32. The molecule has 0 saturated heterocycles. The van der Waals surface area contributed by atoms with E-state index in [9.17, 15) is 13.2 Å². The molecule has 0 fully saturated rings. The van der Waals surface area contributed by atoms with Crippen LogP contribution in [0.15, 0.2) is 22.6 Å². The van der Waals surface area contributed by atoms with Crippen LogP contribution in [0.4, 0.5) is 5.69 Å². The Hall–Kier alpha value is -2.35. The summed E-state index contributed by atoms with van der Waals surface area (Å²) in [5.74, 6) is 0.944. The highest BCUT2D eigenvalue weighted by Crippen LogP contribution is 2.34. The van der Waals surface area contributed by atoms with E-state index in [0.717, 1.165) is 17.0 Å². The second kappa shape index (κ2) is 6.18. The Morgan fingerprint density at radius 3 is 2.72 bits per heavy atom. The zero-order valence-electron chi connectivity index (χ0n) is 14.7. The number of carbonyl (C=O) groups is 1. The fourth-order valence-corrected chi connectivity index (χ4v) is 4.39. The monoisotopic (exact) mass is 363 g/mol. The van der Waals surface area contributed by atoms with Gasteiger partial charge < -0.3 is 9.73 Å². The number of sulfonamides is 1. The zero-order chi connectivity index (χ0) is 18.4. The molecule has 0 saturated carbocycles. The van der Waals surface area contributed by atoms with Crippen molar-refractivity contribution in [2.75, 3.05) is 10.6 Å². The molecule has 2 heterocycles. The van der Waals surface area contributed by atoms with E-state index < -0.39 is 10.0 Å². The predicted molar refractivity (Wildman–Crippen MR) is 94.1 cm³/mol. The molecule has 8 heteroatoms. The van der Waals surface area contributed by atoms with Crippen LogP contribution in [0.3, 0.4) is 0 Å². The van der Waals surface area contributed by atoms with E-state index in [0.29, 0.717) is 23.6 Å². The summed E-state index contributed by atoms with van der Waals surface area (Å²) in [7, 11) is -3.33. The summed E-state index contributed by atoms with van der Waals surface area (Å²) in [6.45, 7) is 5.73. The van der Waals surface area contributed by atoms with Crippen molar-refractivity contribution in [3.63, 3.8) is 0 Å². The first-order valence-corrected chi connectivity index (χ1v) is 9.85. The average molecular weight is 363 g/mol. The van der Waals surface area contributed by atoms with Gasteiger partial charge in [0.15, 0.2) is 0 Å². The Morgan fingerprint density at radius 2 is 2.12 bits per heavy atom. The number of fused-ring (bicyclic) bond motifs is 1. The summed E-state index contributed by atoms with van der Waals surface area (Å²) < 4.78 is 30.7. The van der Waals surface area contributed by atoms with Crippen molar-refractivity contribution in [2.45, 2.75) is 39.8 Å². The van der Waals surface area contributed by atoms with Gasteiger partial charge in [-0.2, -0.15) is 0 Å². The van der Waals surface area contributed by atoms with Gasteiger partial charge in [0, 0.05) is 11.6 Å². The second-order valence-electron chi connectivity index (χ2n) is 6.39. The lowest BCUT2D eigenvalue weighted by atomic mass is 10.1. The minimum absolute atomic E-state index is 0.151. The van der Waals surface area contributed by atoms with Gasteiger partial charge in [-0.25, -0.2) is 13.4 Å². The highest BCUT2D eigenvalue weighted by molar-refractivity contribution is 7.92. The standard InChI is InChI=1S/C17H21N3O4S/c1-10-7-14-8-13(5-6-15(14)20(10)25(4,22)23)17(21)18-9-16-19-11(2)12(3)24-16/h5-6,8,10H,7,9H2,1-4H3,(H,18,21). The van der Waals surface area contributed by atoms with E-state index in [1.54, 1.807) is 18.2 Å². The topological polar surface area (TPSA) is 92.5 Å². The minimum Gasteiger partial charge on any atom is -0.444 e. The maximum absolute atomic E-state index is 12.4. The highest BCUT2D eigenvalue weighted by Gasteiger charge is 2.32. The van der Waals surface area contributed by atoms with Crippen LogP contribution in [0.1, 0.15) is 40.2 Å². The van der Waals surface area contributed by atoms with E-state index in [-0.39, 0.29) is 18.5 Å². The molecule has 1 aliphatic rings. The second-order valence-corrected chi connectivity index (χ2v) is 8.25. The van der Waals surface area contributed by atoms with Crippen LogP contribution in [-0.4, -0.2) is 31.6 Å². The largest absolute Gasteiger partial charge is 0.444 e. The number of nitrogens with zero attached hydrogens (tertiary/aromatic N) is 2. The van der Waals surface area contributed by atoms with Gasteiger partial charge in [0.2, 0.25) is 15.9 Å². The fourth-order valence-electron chi connectivity index (χ4n) is 3.12. The Balaban J connectivity index is 1.76. The predicted octanol–water partition coefficient (Wildman–Crippen LogP) is 1.93. The lowest BCUT2D eigenvalue weighted by molar-refractivity contribution is 0.0947. The van der Waals surface area contributed by atoms with Crippen molar-refractivity contribution >= 4 is 21.6 Å². The first-order chi connectivity index (χ1) is 11.7. The normalized spacial score (nSPS) is 16.8. The Bertz CT molecular complexity index is 914. The number of rotatable bonds is 4. The van der Waals surface area contributed by atoms with Gasteiger partial charge in [0.05, 0.1) is 24.2 Å². The van der Waals surface area contributed by atoms with Crippen molar-refractivity contribution in [1.29, 1.82) is 0 Å². The molecule has 0 bridgehead atoms. The first-order valence-electron chi connectivity index (χ1n) is 8.00. The van der Waals surface area contributed by atoms with E-state index in [2.05, 4.69) is 10.3 Å². The SMILES string of the molecule is Cc1nc(CNC(=O)c2ccc3c(c2)CC(C)N3S(C)(=O)=O)oc1C. The van der Waals surface area contributed by atoms with E-state index in [4.69, 9.17) is 4.42 Å². The number of hydrogen-bond acceptors (Lipinski definition) is 5. The van der Waals surface area contributed by atoms with Crippen molar-refractivity contribution in [2.24, 2.45) is 0 Å². The van der Waals surface area contributed by atoms with Crippen LogP contribution in [-0.2, 0) is 23.0 Å². The number of hydrogen-bond donors (Lipinski definition) is 1. The van der Waals surface area contributed by atoms with E-state index in [1.807, 2.05) is 20.8 Å². The molecule has 3 rings (SSSR count). The number of amides is 1. The maximum Gasteiger partial charge on any atom is 0.251 e. The van der Waals surface area contributed by atoms with Gasteiger partial charge in [0.25, 0.3) is 5.91 Å². The van der Waals surface area contributed by atoms with Gasteiger partial charge in [-0.15, -0.1) is 0 Å². The molecule has 1 aromatic carbocycles.